The number of amides is 1. The third-order valence-corrected chi connectivity index (χ3v) is 3.81. The van der Waals surface area contributed by atoms with Crippen LogP contribution in [0.2, 0.25) is 0 Å². The molecule has 106 valence electrons. The highest BCUT2D eigenvalue weighted by Crippen LogP contribution is 2.21. The second kappa shape index (κ2) is 5.48. The molecule has 1 saturated heterocycles. The van der Waals surface area contributed by atoms with E-state index >= 15 is 0 Å². The van der Waals surface area contributed by atoms with Gasteiger partial charge in [0.15, 0.2) is 5.76 Å². The summed E-state index contributed by atoms with van der Waals surface area (Å²) < 4.78 is 7.13. The summed E-state index contributed by atoms with van der Waals surface area (Å²) in [6, 6.07) is 3.46. The standard InChI is InChI=1S/C14H18N4O2/c1-17-10-15-16-13(17)8-11-4-2-6-18(9-11)14(19)12-5-3-7-20-12/h3,5,7,10-11H,2,4,6,8-9H2,1H3. The molecule has 6 nitrogen and oxygen atoms in total. The molecule has 1 aliphatic heterocycles. The minimum Gasteiger partial charge on any atom is -0.459 e. The van der Waals surface area contributed by atoms with Crippen LogP contribution < -0.4 is 0 Å². The zero-order valence-electron chi connectivity index (χ0n) is 11.5. The van der Waals surface area contributed by atoms with Crippen LogP contribution in [-0.4, -0.2) is 38.7 Å². The van der Waals surface area contributed by atoms with Crippen LogP contribution in [0.25, 0.3) is 0 Å². The molecule has 1 amide bonds. The maximum Gasteiger partial charge on any atom is 0.289 e. The highest BCUT2D eigenvalue weighted by atomic mass is 16.3. The smallest absolute Gasteiger partial charge is 0.289 e. The molecule has 0 saturated carbocycles. The molecule has 1 unspecified atom stereocenters. The second-order valence-corrected chi connectivity index (χ2v) is 5.30. The average molecular weight is 274 g/mol. The van der Waals surface area contributed by atoms with Gasteiger partial charge >= 0.3 is 0 Å². The Morgan fingerprint density at radius 1 is 1.55 bits per heavy atom. The molecular formula is C14H18N4O2. The van der Waals surface area contributed by atoms with E-state index < -0.39 is 0 Å². The van der Waals surface area contributed by atoms with Crippen molar-refractivity contribution in [2.45, 2.75) is 19.3 Å². The minimum absolute atomic E-state index is 0.0161. The van der Waals surface area contributed by atoms with Gasteiger partial charge in [0.25, 0.3) is 5.91 Å². The number of carbonyl (C=O) groups excluding carboxylic acids is 1. The predicted molar refractivity (Wildman–Crippen MR) is 72.0 cm³/mol. The summed E-state index contributed by atoms with van der Waals surface area (Å²) in [5, 5.41) is 8.02. The number of aromatic nitrogens is 3. The topological polar surface area (TPSA) is 64.2 Å². The van der Waals surface area contributed by atoms with E-state index in [1.165, 1.54) is 6.26 Å². The zero-order chi connectivity index (χ0) is 13.9. The van der Waals surface area contributed by atoms with Crippen LogP contribution in [0.5, 0.6) is 0 Å². The van der Waals surface area contributed by atoms with E-state index in [-0.39, 0.29) is 5.91 Å². The Morgan fingerprint density at radius 2 is 2.45 bits per heavy atom. The van der Waals surface area contributed by atoms with E-state index in [9.17, 15) is 4.79 Å². The quantitative estimate of drug-likeness (QED) is 0.851. The van der Waals surface area contributed by atoms with Crippen LogP contribution in [0.1, 0.15) is 29.2 Å². The molecule has 1 aliphatic rings. The van der Waals surface area contributed by atoms with Gasteiger partial charge in [-0.1, -0.05) is 0 Å². The van der Waals surface area contributed by atoms with Crippen molar-refractivity contribution in [1.29, 1.82) is 0 Å². The van der Waals surface area contributed by atoms with Crippen molar-refractivity contribution in [2.75, 3.05) is 13.1 Å². The predicted octanol–water partition coefficient (Wildman–Crippen LogP) is 1.50. The number of furan rings is 1. The van der Waals surface area contributed by atoms with Crippen LogP contribution in [-0.2, 0) is 13.5 Å². The van der Waals surface area contributed by atoms with Gasteiger partial charge in [-0.3, -0.25) is 4.79 Å². The van der Waals surface area contributed by atoms with Crippen molar-refractivity contribution >= 4 is 5.91 Å². The van der Waals surface area contributed by atoms with Gasteiger partial charge in [0.2, 0.25) is 0 Å². The van der Waals surface area contributed by atoms with Gasteiger partial charge in [0.1, 0.15) is 12.2 Å². The lowest BCUT2D eigenvalue weighted by Gasteiger charge is -2.32. The highest BCUT2D eigenvalue weighted by Gasteiger charge is 2.26. The summed E-state index contributed by atoms with van der Waals surface area (Å²) in [6.45, 7) is 1.56. The number of rotatable bonds is 3. The molecule has 6 heteroatoms. The van der Waals surface area contributed by atoms with E-state index in [0.717, 1.165) is 38.2 Å². The molecule has 1 fully saturated rings. The van der Waals surface area contributed by atoms with Gasteiger partial charge in [-0.25, -0.2) is 0 Å². The van der Waals surface area contributed by atoms with Gasteiger partial charge in [-0.05, 0) is 30.9 Å². The van der Waals surface area contributed by atoms with Crippen LogP contribution in [0, 0.1) is 5.92 Å². The summed E-state index contributed by atoms with van der Waals surface area (Å²) in [7, 11) is 1.95. The van der Waals surface area contributed by atoms with Gasteiger partial charge in [0, 0.05) is 26.6 Å². The number of hydrogen-bond acceptors (Lipinski definition) is 4. The van der Waals surface area contributed by atoms with Gasteiger partial charge in [-0.2, -0.15) is 0 Å². The van der Waals surface area contributed by atoms with E-state index in [1.54, 1.807) is 18.5 Å². The number of piperidine rings is 1. The summed E-state index contributed by atoms with van der Waals surface area (Å²) in [4.78, 5) is 14.2. The Balaban J connectivity index is 1.65. The maximum atomic E-state index is 12.3. The molecule has 0 aromatic carbocycles. The number of carbonyl (C=O) groups is 1. The number of likely N-dealkylation sites (tertiary alicyclic amines) is 1. The number of hydrogen-bond donors (Lipinski definition) is 0. The van der Waals surface area contributed by atoms with Gasteiger partial charge < -0.3 is 13.9 Å². The molecule has 0 bridgehead atoms. The van der Waals surface area contributed by atoms with Crippen molar-refractivity contribution in [3.05, 3.63) is 36.3 Å². The first-order valence-electron chi connectivity index (χ1n) is 6.89. The normalized spacial score (nSPS) is 19.2. The van der Waals surface area contributed by atoms with Crippen molar-refractivity contribution in [3.8, 4) is 0 Å². The molecule has 2 aromatic heterocycles. The first kappa shape index (κ1) is 12.9. The number of nitrogens with zero attached hydrogens (tertiary/aromatic N) is 4. The zero-order valence-corrected chi connectivity index (χ0v) is 11.5. The Bertz CT molecular complexity index is 576. The Morgan fingerprint density at radius 3 is 3.15 bits per heavy atom. The lowest BCUT2D eigenvalue weighted by molar-refractivity contribution is 0.0640. The number of aryl methyl sites for hydroxylation is 1. The largest absolute Gasteiger partial charge is 0.459 e. The molecule has 0 radical (unpaired) electrons. The second-order valence-electron chi connectivity index (χ2n) is 5.30. The van der Waals surface area contributed by atoms with Gasteiger partial charge in [0.05, 0.1) is 6.26 Å². The summed E-state index contributed by atoms with van der Waals surface area (Å²) >= 11 is 0. The highest BCUT2D eigenvalue weighted by molar-refractivity contribution is 5.91. The van der Waals surface area contributed by atoms with Crippen LogP contribution in [0.4, 0.5) is 0 Å². The monoisotopic (exact) mass is 274 g/mol. The summed E-state index contributed by atoms with van der Waals surface area (Å²) in [6.07, 6.45) is 6.25. The first-order valence-corrected chi connectivity index (χ1v) is 6.89. The Hall–Kier alpha value is -2.11. The summed E-state index contributed by atoms with van der Waals surface area (Å²) in [5.41, 5.74) is 0. The SMILES string of the molecule is Cn1cnnc1CC1CCCN(C(=O)c2ccco2)C1. The lowest BCUT2D eigenvalue weighted by atomic mass is 9.94. The van der Waals surface area contributed by atoms with Crippen molar-refractivity contribution < 1.29 is 9.21 Å². The molecule has 0 aliphatic carbocycles. The third kappa shape index (κ3) is 2.59. The van der Waals surface area contributed by atoms with Crippen LogP contribution >= 0.6 is 0 Å². The van der Waals surface area contributed by atoms with Gasteiger partial charge in [-0.15, -0.1) is 10.2 Å². The fourth-order valence-electron chi connectivity index (χ4n) is 2.72. The minimum atomic E-state index is -0.0161. The average Bonchev–Trinajstić information content (AvgIpc) is 3.11. The van der Waals surface area contributed by atoms with Crippen LogP contribution in [0.3, 0.4) is 0 Å². The molecule has 2 aromatic rings. The van der Waals surface area contributed by atoms with E-state index in [4.69, 9.17) is 4.42 Å². The van der Waals surface area contributed by atoms with E-state index in [1.807, 2.05) is 16.5 Å². The maximum absolute atomic E-state index is 12.3. The molecule has 0 N–H and O–H groups in total. The molecule has 1 atom stereocenters. The van der Waals surface area contributed by atoms with Crippen molar-refractivity contribution in [3.63, 3.8) is 0 Å². The Labute approximate surface area is 117 Å². The summed E-state index contributed by atoms with van der Waals surface area (Å²) in [5.74, 6) is 1.81. The molecule has 20 heavy (non-hydrogen) atoms. The molecule has 3 heterocycles. The molecular weight excluding hydrogens is 256 g/mol. The van der Waals surface area contributed by atoms with Crippen molar-refractivity contribution in [1.82, 2.24) is 19.7 Å². The molecule has 0 spiro atoms. The first-order chi connectivity index (χ1) is 9.74. The van der Waals surface area contributed by atoms with E-state index in [0.29, 0.717) is 11.7 Å². The van der Waals surface area contributed by atoms with Crippen LogP contribution in [0.15, 0.2) is 29.1 Å². The van der Waals surface area contributed by atoms with E-state index in [2.05, 4.69) is 10.2 Å². The Kier molecular flexibility index (Phi) is 3.54. The lowest BCUT2D eigenvalue weighted by Crippen LogP contribution is -2.40. The third-order valence-electron chi connectivity index (χ3n) is 3.81. The fourth-order valence-corrected chi connectivity index (χ4v) is 2.72. The fraction of sp³-hybridized carbons (Fsp3) is 0.500. The molecule has 3 rings (SSSR count). The van der Waals surface area contributed by atoms with Crippen molar-refractivity contribution in [2.24, 2.45) is 13.0 Å².